The van der Waals surface area contributed by atoms with Crippen molar-refractivity contribution in [3.63, 3.8) is 0 Å². The van der Waals surface area contributed by atoms with Gasteiger partial charge in [0, 0.05) is 35.2 Å². The van der Waals surface area contributed by atoms with Gasteiger partial charge in [0.15, 0.2) is 11.4 Å². The lowest BCUT2D eigenvalue weighted by Gasteiger charge is -2.50. The molecular formula is C28H35N3O8. The second-order valence-corrected chi connectivity index (χ2v) is 11.4. The minimum Gasteiger partial charge on any atom is -0.510 e. The number of Topliss-reactive ketones (excluding diaryl/α,β-unsaturated/α-hetero) is 2. The smallest absolute Gasteiger partial charge is 0.255 e. The summed E-state index contributed by atoms with van der Waals surface area (Å²) in [6.07, 6.45) is 2.36. The number of nitrogens with zero attached hydrogens (tertiary/aromatic N) is 2. The number of allylic oxidation sites excluding steroid dienone is 1. The van der Waals surface area contributed by atoms with E-state index in [0.29, 0.717) is 23.9 Å². The number of hydrogen-bond acceptors (Lipinski definition) is 10. The maximum absolute atomic E-state index is 13.8. The van der Waals surface area contributed by atoms with Crippen molar-refractivity contribution in [2.75, 3.05) is 27.7 Å². The third-order valence-electron chi connectivity index (χ3n) is 9.02. The predicted molar refractivity (Wildman–Crippen MR) is 139 cm³/mol. The summed E-state index contributed by atoms with van der Waals surface area (Å²) in [4.78, 5) is 43.1. The number of likely N-dealkylation sites (N-methyl/N-ethyl adjacent to an activating group) is 1. The molecule has 0 radical (unpaired) electrons. The van der Waals surface area contributed by atoms with Gasteiger partial charge in [-0.05, 0) is 65.2 Å². The van der Waals surface area contributed by atoms with Crippen LogP contribution in [0.4, 0.5) is 0 Å². The molecule has 11 nitrogen and oxygen atoms in total. The number of amides is 1. The molecule has 0 aromatic heterocycles. The first-order valence-corrected chi connectivity index (χ1v) is 13.1. The Morgan fingerprint density at radius 3 is 2.51 bits per heavy atom. The van der Waals surface area contributed by atoms with Crippen LogP contribution in [0.2, 0.25) is 0 Å². The fourth-order valence-corrected chi connectivity index (χ4v) is 7.18. The molecule has 0 spiro atoms. The van der Waals surface area contributed by atoms with Gasteiger partial charge in [0.2, 0.25) is 5.78 Å². The molecule has 6 N–H and O–H groups in total. The highest BCUT2D eigenvalue weighted by Gasteiger charge is 2.63. The number of ether oxygens (including phenoxy) is 1. The Bertz CT molecular complexity index is 1350. The standard InChI is InChI=1S/C28H35N3O8/c1-12-6-5-7-31(12)11-14-10-17(32)19-15(24(14)39-4)8-13-9-16-21(30(2)3)23(34)20(27(29)37)26(36)28(16,38)25(35)18(13)22(19)33/h10,12-13,16,21,32,34-35,38H,5-9,11H2,1-4H3,(H2,29,37)/t12-,13-,16-,21-,28-/m0/s1. The Morgan fingerprint density at radius 2 is 1.95 bits per heavy atom. The minimum atomic E-state index is -2.66. The molecule has 210 valence electrons. The highest BCUT2D eigenvalue weighted by Crippen LogP contribution is 2.53. The Morgan fingerprint density at radius 1 is 1.26 bits per heavy atom. The summed E-state index contributed by atoms with van der Waals surface area (Å²) in [5.74, 6) is -6.22. The zero-order valence-corrected chi connectivity index (χ0v) is 22.5. The number of rotatable bonds is 5. The molecule has 1 saturated heterocycles. The number of aliphatic hydroxyl groups excluding tert-OH is 2. The molecule has 5 atom stereocenters. The molecule has 0 bridgehead atoms. The number of ketones is 2. The van der Waals surface area contributed by atoms with E-state index in [1.54, 1.807) is 14.1 Å². The van der Waals surface area contributed by atoms with Crippen LogP contribution in [0.5, 0.6) is 11.5 Å². The number of methoxy groups -OCH3 is 1. The number of likely N-dealkylation sites (tertiary alicyclic amines) is 1. The largest absolute Gasteiger partial charge is 0.510 e. The van der Waals surface area contributed by atoms with E-state index in [-0.39, 0.29) is 29.7 Å². The normalized spacial score (nSPS) is 30.9. The topological polar surface area (TPSA) is 174 Å². The lowest BCUT2D eigenvalue weighted by Crippen LogP contribution is -2.63. The van der Waals surface area contributed by atoms with Crippen molar-refractivity contribution < 1.29 is 39.5 Å². The van der Waals surface area contributed by atoms with Crippen molar-refractivity contribution in [3.8, 4) is 11.5 Å². The van der Waals surface area contributed by atoms with E-state index in [4.69, 9.17) is 10.5 Å². The summed E-state index contributed by atoms with van der Waals surface area (Å²) >= 11 is 0. The molecule has 0 unspecified atom stereocenters. The molecule has 1 aromatic carbocycles. The number of nitrogens with two attached hydrogens (primary N) is 1. The van der Waals surface area contributed by atoms with Gasteiger partial charge < -0.3 is 30.9 Å². The number of phenolic OH excluding ortho intramolecular Hbond substituents is 1. The van der Waals surface area contributed by atoms with E-state index in [1.807, 2.05) is 0 Å². The first-order chi connectivity index (χ1) is 18.3. The number of fused-ring (bicyclic) bond motifs is 3. The van der Waals surface area contributed by atoms with Gasteiger partial charge in [-0.3, -0.25) is 24.2 Å². The zero-order chi connectivity index (χ0) is 28.5. The molecule has 1 amide bonds. The SMILES string of the molecule is COc1c(CN2CCC[C@@H]2C)cc(O)c2c1C[C@H]1C[C@H]3[C@H](N(C)C)C(O)=C(C(N)=O)C(=O)[C@@]3(O)C(O)=C1C2=O. The number of hydrogen-bond donors (Lipinski definition) is 5. The van der Waals surface area contributed by atoms with Gasteiger partial charge in [0.05, 0.1) is 18.7 Å². The third kappa shape index (κ3) is 3.78. The van der Waals surface area contributed by atoms with E-state index in [2.05, 4.69) is 11.8 Å². The number of phenols is 1. The molecule has 39 heavy (non-hydrogen) atoms. The van der Waals surface area contributed by atoms with Gasteiger partial charge in [0.25, 0.3) is 5.91 Å². The fraction of sp³-hybridized carbons (Fsp3) is 0.536. The van der Waals surface area contributed by atoms with Gasteiger partial charge in [-0.1, -0.05) is 0 Å². The van der Waals surface area contributed by atoms with E-state index < -0.39 is 58.0 Å². The maximum atomic E-state index is 13.8. The molecule has 4 aliphatic rings. The molecule has 1 fully saturated rings. The number of aliphatic hydroxyl groups is 3. The van der Waals surface area contributed by atoms with Crippen LogP contribution >= 0.6 is 0 Å². The van der Waals surface area contributed by atoms with Crippen LogP contribution in [-0.4, -0.2) is 93.1 Å². The molecule has 0 saturated carbocycles. The average molecular weight is 542 g/mol. The number of carbonyl (C=O) groups is 3. The molecule has 1 aromatic rings. The van der Waals surface area contributed by atoms with Gasteiger partial charge in [-0.15, -0.1) is 0 Å². The summed E-state index contributed by atoms with van der Waals surface area (Å²) in [6, 6.07) is 0.835. The van der Waals surface area contributed by atoms with Crippen LogP contribution in [-0.2, 0) is 22.6 Å². The first-order valence-electron chi connectivity index (χ1n) is 13.1. The Kier molecular flexibility index (Phi) is 6.52. The van der Waals surface area contributed by atoms with Crippen molar-refractivity contribution >= 4 is 17.5 Å². The Hall–Kier alpha value is -3.41. The van der Waals surface area contributed by atoms with Crippen LogP contribution in [0.3, 0.4) is 0 Å². The second-order valence-electron chi connectivity index (χ2n) is 11.4. The number of benzene rings is 1. The van der Waals surface area contributed by atoms with Gasteiger partial charge in [-0.25, -0.2) is 0 Å². The summed E-state index contributed by atoms with van der Waals surface area (Å²) < 4.78 is 5.78. The van der Waals surface area contributed by atoms with Gasteiger partial charge >= 0.3 is 0 Å². The van der Waals surface area contributed by atoms with Crippen LogP contribution in [0.25, 0.3) is 0 Å². The molecule has 5 rings (SSSR count). The summed E-state index contributed by atoms with van der Waals surface area (Å²) in [6.45, 7) is 3.59. The fourth-order valence-electron chi connectivity index (χ4n) is 7.18. The van der Waals surface area contributed by atoms with E-state index >= 15 is 0 Å². The monoisotopic (exact) mass is 541 g/mol. The van der Waals surface area contributed by atoms with Crippen LogP contribution < -0.4 is 10.5 Å². The molecule has 11 heteroatoms. The molecule has 1 heterocycles. The van der Waals surface area contributed by atoms with Crippen LogP contribution in [0.15, 0.2) is 28.7 Å². The van der Waals surface area contributed by atoms with E-state index in [9.17, 15) is 34.8 Å². The Balaban J connectivity index is 1.66. The average Bonchev–Trinajstić information content (AvgIpc) is 3.25. The van der Waals surface area contributed by atoms with Crippen LogP contribution in [0.1, 0.15) is 47.7 Å². The number of carbonyl (C=O) groups excluding carboxylic acids is 3. The van der Waals surface area contributed by atoms with Gasteiger partial charge in [0.1, 0.15) is 28.6 Å². The zero-order valence-electron chi connectivity index (χ0n) is 22.5. The van der Waals surface area contributed by atoms with Crippen molar-refractivity contribution in [2.24, 2.45) is 17.6 Å². The Labute approximate surface area is 226 Å². The van der Waals surface area contributed by atoms with Crippen molar-refractivity contribution in [2.45, 2.75) is 56.8 Å². The molecule has 1 aliphatic heterocycles. The first kappa shape index (κ1) is 27.2. The second kappa shape index (κ2) is 9.35. The number of aromatic hydroxyl groups is 1. The molecular weight excluding hydrogens is 506 g/mol. The maximum Gasteiger partial charge on any atom is 0.255 e. The number of primary amides is 1. The van der Waals surface area contributed by atoms with Crippen LogP contribution in [0, 0.1) is 11.8 Å². The summed E-state index contributed by atoms with van der Waals surface area (Å²) in [7, 11) is 4.70. The molecule has 3 aliphatic carbocycles. The quantitative estimate of drug-likeness (QED) is 0.340. The lowest BCUT2D eigenvalue weighted by molar-refractivity contribution is -0.148. The third-order valence-corrected chi connectivity index (χ3v) is 9.02. The minimum absolute atomic E-state index is 0.0308. The summed E-state index contributed by atoms with van der Waals surface area (Å²) in [5, 5.41) is 45.0. The lowest BCUT2D eigenvalue weighted by atomic mass is 9.58. The van der Waals surface area contributed by atoms with Crippen molar-refractivity contribution in [1.29, 1.82) is 0 Å². The predicted octanol–water partition coefficient (Wildman–Crippen LogP) is 1.11. The highest BCUT2D eigenvalue weighted by atomic mass is 16.5. The van der Waals surface area contributed by atoms with Crippen molar-refractivity contribution in [1.82, 2.24) is 9.80 Å². The van der Waals surface area contributed by atoms with E-state index in [0.717, 1.165) is 24.9 Å². The summed E-state index contributed by atoms with van der Waals surface area (Å²) in [5.41, 5.74) is 2.89. The van der Waals surface area contributed by atoms with Gasteiger partial charge in [-0.2, -0.15) is 0 Å². The highest BCUT2D eigenvalue weighted by molar-refractivity contribution is 6.24. The van der Waals surface area contributed by atoms with E-state index in [1.165, 1.54) is 18.1 Å². The van der Waals surface area contributed by atoms with Crippen molar-refractivity contribution in [3.05, 3.63) is 45.4 Å².